The van der Waals surface area contributed by atoms with Gasteiger partial charge in [-0.25, -0.2) is 4.79 Å². The predicted octanol–water partition coefficient (Wildman–Crippen LogP) is -0.606. The predicted molar refractivity (Wildman–Crippen MR) is 98.5 cm³/mol. The first kappa shape index (κ1) is 17.8. The fraction of sp³-hybridized carbons (Fsp3) is 0.556. The molecule has 5 N–H and O–H groups in total. The van der Waals surface area contributed by atoms with Crippen LogP contribution in [0.2, 0.25) is 5.82 Å². The number of amides is 1. The van der Waals surface area contributed by atoms with Gasteiger partial charge < -0.3 is 30.6 Å². The lowest BCUT2D eigenvalue weighted by atomic mass is 9.77. The summed E-state index contributed by atoms with van der Waals surface area (Å²) < 4.78 is 11.5. The van der Waals surface area contributed by atoms with Gasteiger partial charge in [-0.05, 0) is 30.4 Å². The molecular weight excluding hydrogens is 365 g/mol. The van der Waals surface area contributed by atoms with Crippen molar-refractivity contribution in [3.05, 3.63) is 23.3 Å². The van der Waals surface area contributed by atoms with E-state index < -0.39 is 13.1 Å². The summed E-state index contributed by atoms with van der Waals surface area (Å²) in [6.07, 6.45) is 1.36. The molecule has 3 aliphatic heterocycles. The number of carboxylic acids is 1. The summed E-state index contributed by atoms with van der Waals surface area (Å²) in [4.78, 5) is 25.4. The number of primary amides is 1. The second-order valence-electron chi connectivity index (χ2n) is 8.12. The summed E-state index contributed by atoms with van der Waals surface area (Å²) in [5, 5.41) is 22.8. The molecule has 1 amide bonds. The Morgan fingerprint density at radius 3 is 2.79 bits per heavy atom. The van der Waals surface area contributed by atoms with E-state index in [1.165, 1.54) is 0 Å². The number of likely N-dealkylation sites (tertiary alicyclic amines) is 1. The average molecular weight is 387 g/mol. The van der Waals surface area contributed by atoms with Crippen LogP contribution in [0.4, 0.5) is 0 Å². The lowest BCUT2D eigenvalue weighted by Crippen LogP contribution is -2.58. The van der Waals surface area contributed by atoms with E-state index >= 15 is 0 Å². The normalized spacial score (nSPS) is 31.4. The minimum Gasteiger partial charge on any atom is -0.535 e. The van der Waals surface area contributed by atoms with Crippen LogP contribution in [0.5, 0.6) is 11.5 Å². The van der Waals surface area contributed by atoms with Gasteiger partial charge in [0, 0.05) is 31.5 Å². The molecule has 9 nitrogen and oxygen atoms in total. The number of nitrogens with two attached hydrogens (primary N) is 1. The number of ether oxygens (including phenoxy) is 1. The van der Waals surface area contributed by atoms with Crippen molar-refractivity contribution in [3.63, 3.8) is 0 Å². The zero-order valence-electron chi connectivity index (χ0n) is 15.2. The highest BCUT2D eigenvalue weighted by atomic mass is 16.5. The molecule has 28 heavy (non-hydrogen) atoms. The first-order chi connectivity index (χ1) is 13.4. The zero-order valence-corrected chi connectivity index (χ0v) is 15.2. The van der Waals surface area contributed by atoms with Crippen LogP contribution in [0.25, 0.3) is 0 Å². The summed E-state index contributed by atoms with van der Waals surface area (Å²) in [5.74, 6) is -0.739. The SMILES string of the molecule is NC(=O)[C@@H]1C[C@H](N2CC(Oc3ccc4c(c3C(=O)O)OB(O)[C@H]3C[C@@H]43)C2)CN1. The number of carbonyl (C=O) groups excluding carboxylic acids is 1. The van der Waals surface area contributed by atoms with Crippen LogP contribution >= 0.6 is 0 Å². The molecular formula is C18H22BN3O6. The fourth-order valence-corrected chi connectivity index (χ4v) is 4.63. The van der Waals surface area contributed by atoms with Crippen molar-refractivity contribution < 1.29 is 29.1 Å². The minimum atomic E-state index is -1.13. The van der Waals surface area contributed by atoms with Gasteiger partial charge in [0.2, 0.25) is 5.91 Å². The van der Waals surface area contributed by atoms with Crippen molar-refractivity contribution in [2.45, 2.75) is 42.8 Å². The Balaban J connectivity index is 1.28. The highest BCUT2D eigenvalue weighted by Crippen LogP contribution is 2.60. The quantitative estimate of drug-likeness (QED) is 0.492. The van der Waals surface area contributed by atoms with Crippen LogP contribution in [0, 0.1) is 0 Å². The van der Waals surface area contributed by atoms with Gasteiger partial charge in [-0.3, -0.25) is 9.69 Å². The first-order valence-corrected chi connectivity index (χ1v) is 9.60. The number of benzene rings is 1. The number of fused-ring (bicyclic) bond motifs is 3. The molecule has 1 aliphatic carbocycles. The molecule has 1 aromatic carbocycles. The maximum atomic E-state index is 11.9. The lowest BCUT2D eigenvalue weighted by molar-refractivity contribution is -0.119. The van der Waals surface area contributed by atoms with Gasteiger partial charge in [-0.2, -0.15) is 0 Å². The number of hydrogen-bond acceptors (Lipinski definition) is 7. The Morgan fingerprint density at radius 1 is 1.32 bits per heavy atom. The van der Waals surface area contributed by atoms with Crippen LogP contribution in [-0.2, 0) is 4.79 Å². The number of hydrogen-bond donors (Lipinski definition) is 4. The highest BCUT2D eigenvalue weighted by molar-refractivity contribution is 6.48. The molecule has 0 aromatic heterocycles. The topological polar surface area (TPSA) is 134 Å². The van der Waals surface area contributed by atoms with Crippen LogP contribution in [0.15, 0.2) is 12.1 Å². The van der Waals surface area contributed by atoms with E-state index in [2.05, 4.69) is 10.2 Å². The van der Waals surface area contributed by atoms with Gasteiger partial charge in [-0.15, -0.1) is 0 Å². The first-order valence-electron chi connectivity index (χ1n) is 9.60. The average Bonchev–Trinajstić information content (AvgIpc) is 3.27. The molecule has 0 spiro atoms. The molecule has 148 valence electrons. The third-order valence-electron chi connectivity index (χ3n) is 6.35. The molecule has 0 unspecified atom stereocenters. The molecule has 10 heteroatoms. The van der Waals surface area contributed by atoms with E-state index in [9.17, 15) is 19.7 Å². The maximum absolute atomic E-state index is 11.9. The summed E-state index contributed by atoms with van der Waals surface area (Å²) in [6.45, 7) is 2.01. The number of rotatable bonds is 5. The van der Waals surface area contributed by atoms with Crippen molar-refractivity contribution in [3.8, 4) is 11.5 Å². The van der Waals surface area contributed by atoms with E-state index in [-0.39, 0.29) is 52.9 Å². The largest absolute Gasteiger partial charge is 0.535 e. The summed E-state index contributed by atoms with van der Waals surface area (Å²) in [5.41, 5.74) is 6.16. The molecule has 3 heterocycles. The van der Waals surface area contributed by atoms with Crippen molar-refractivity contribution in [1.82, 2.24) is 10.2 Å². The maximum Gasteiger partial charge on any atom is 0.526 e. The molecule has 5 rings (SSSR count). The molecule has 4 aliphatic rings. The van der Waals surface area contributed by atoms with Crippen molar-refractivity contribution >= 4 is 19.0 Å². The second kappa shape index (κ2) is 6.36. The summed E-state index contributed by atoms with van der Waals surface area (Å²) in [7, 11) is -0.960. The molecule has 4 atom stereocenters. The van der Waals surface area contributed by atoms with Gasteiger partial charge in [0.1, 0.15) is 23.2 Å². The highest BCUT2D eigenvalue weighted by Gasteiger charge is 2.54. The fourth-order valence-electron chi connectivity index (χ4n) is 4.63. The second-order valence-corrected chi connectivity index (χ2v) is 8.12. The van der Waals surface area contributed by atoms with E-state index in [1.807, 2.05) is 6.07 Å². The third-order valence-corrected chi connectivity index (χ3v) is 6.35. The van der Waals surface area contributed by atoms with Gasteiger partial charge in [0.25, 0.3) is 0 Å². The number of carbonyl (C=O) groups is 2. The summed E-state index contributed by atoms with van der Waals surface area (Å²) >= 11 is 0. The van der Waals surface area contributed by atoms with Gasteiger partial charge >= 0.3 is 13.1 Å². The van der Waals surface area contributed by atoms with Gasteiger partial charge in [0.05, 0.1) is 6.04 Å². The van der Waals surface area contributed by atoms with E-state index in [1.54, 1.807) is 6.07 Å². The number of carboxylic acid groups (broad SMARTS) is 1. The third kappa shape index (κ3) is 2.83. The van der Waals surface area contributed by atoms with Crippen molar-refractivity contribution in [1.29, 1.82) is 0 Å². The van der Waals surface area contributed by atoms with Gasteiger partial charge in [0.15, 0.2) is 0 Å². The van der Waals surface area contributed by atoms with Crippen LogP contribution < -0.4 is 20.4 Å². The Hall–Kier alpha value is -2.30. The molecule has 1 saturated carbocycles. The minimum absolute atomic E-state index is 0.0170. The van der Waals surface area contributed by atoms with Crippen molar-refractivity contribution in [2.24, 2.45) is 5.73 Å². The zero-order chi connectivity index (χ0) is 19.6. The van der Waals surface area contributed by atoms with Crippen LogP contribution in [-0.4, -0.2) is 71.8 Å². The van der Waals surface area contributed by atoms with Crippen LogP contribution in [0.3, 0.4) is 0 Å². The summed E-state index contributed by atoms with van der Waals surface area (Å²) in [6, 6.07) is 3.48. The molecule has 3 fully saturated rings. The van der Waals surface area contributed by atoms with Crippen LogP contribution in [0.1, 0.15) is 34.7 Å². The number of nitrogens with zero attached hydrogens (tertiary/aromatic N) is 1. The monoisotopic (exact) mass is 387 g/mol. The Morgan fingerprint density at radius 2 is 2.11 bits per heavy atom. The Kier molecular flexibility index (Phi) is 4.04. The Labute approximate surface area is 161 Å². The number of aromatic carboxylic acids is 1. The smallest absolute Gasteiger partial charge is 0.526 e. The standard InChI is InChI=1S/C18H22BN3O6/c20-17(23)13-3-8(5-21-13)22-6-9(7-22)27-14-2-1-10-11-4-12(11)19(26)28-16(10)15(14)18(24)25/h1-2,8-9,11-13,21,26H,3-7H2,(H2,20,23)(H,24,25)/t8-,11-,12-,13-/m0/s1. The molecule has 1 aromatic rings. The van der Waals surface area contributed by atoms with Gasteiger partial charge in [-0.1, -0.05) is 6.07 Å². The molecule has 2 saturated heterocycles. The molecule has 0 bridgehead atoms. The van der Waals surface area contributed by atoms with Crippen molar-refractivity contribution in [2.75, 3.05) is 19.6 Å². The molecule has 0 radical (unpaired) electrons. The lowest BCUT2D eigenvalue weighted by Gasteiger charge is -2.42. The Bertz CT molecular complexity index is 845. The number of nitrogens with one attached hydrogen (secondary N) is 1. The van der Waals surface area contributed by atoms with E-state index in [0.717, 1.165) is 12.0 Å². The van der Waals surface area contributed by atoms with E-state index in [0.29, 0.717) is 26.1 Å². The van der Waals surface area contributed by atoms with E-state index in [4.69, 9.17) is 15.1 Å².